The maximum absolute atomic E-state index is 5.64. The summed E-state index contributed by atoms with van der Waals surface area (Å²) in [5.74, 6) is 3.09. The first-order valence-electron chi connectivity index (χ1n) is 6.70. The van der Waals surface area contributed by atoms with E-state index in [0.717, 1.165) is 30.4 Å². The summed E-state index contributed by atoms with van der Waals surface area (Å²) in [5, 5.41) is 0. The zero-order valence-corrected chi connectivity index (χ0v) is 11.3. The lowest BCUT2D eigenvalue weighted by atomic mass is 9.95. The molecule has 1 aliphatic carbocycles. The van der Waals surface area contributed by atoms with E-state index < -0.39 is 0 Å². The summed E-state index contributed by atoms with van der Waals surface area (Å²) in [4.78, 5) is 0. The summed E-state index contributed by atoms with van der Waals surface area (Å²) >= 11 is 0. The fraction of sp³-hybridized carbons (Fsp3) is 0.600. The molecule has 0 bridgehead atoms. The van der Waals surface area contributed by atoms with E-state index in [1.165, 1.54) is 24.8 Å². The van der Waals surface area contributed by atoms with Crippen LogP contribution in [-0.2, 0) is 0 Å². The lowest BCUT2D eigenvalue weighted by Gasteiger charge is -2.14. The minimum atomic E-state index is 0.654. The lowest BCUT2D eigenvalue weighted by Crippen LogP contribution is -2.05. The van der Waals surface area contributed by atoms with Crippen LogP contribution in [0.4, 0.5) is 0 Å². The van der Waals surface area contributed by atoms with Gasteiger partial charge in [-0.3, -0.25) is 0 Å². The van der Waals surface area contributed by atoms with Crippen molar-refractivity contribution in [2.45, 2.75) is 31.6 Å². The molecule has 0 spiro atoms. The van der Waals surface area contributed by atoms with Gasteiger partial charge in [-0.05, 0) is 61.8 Å². The molecular weight excluding hydrogens is 226 g/mol. The maximum Gasteiger partial charge on any atom is 0.160 e. The van der Waals surface area contributed by atoms with Gasteiger partial charge >= 0.3 is 0 Å². The molecule has 1 aromatic rings. The predicted octanol–water partition coefficient (Wildman–Crippen LogP) is 2.94. The van der Waals surface area contributed by atoms with Crippen molar-refractivity contribution in [1.29, 1.82) is 0 Å². The molecule has 2 rings (SSSR count). The van der Waals surface area contributed by atoms with Crippen LogP contribution in [0.5, 0.6) is 11.5 Å². The molecular formula is C15H23NO2. The first-order chi connectivity index (χ1) is 8.78. The molecule has 2 unspecified atom stereocenters. The Balaban J connectivity index is 2.10. The van der Waals surface area contributed by atoms with Gasteiger partial charge in [0.25, 0.3) is 0 Å². The van der Waals surface area contributed by atoms with E-state index in [1.54, 1.807) is 14.2 Å². The molecule has 1 fully saturated rings. The Labute approximate surface area is 109 Å². The van der Waals surface area contributed by atoms with Gasteiger partial charge in [0.2, 0.25) is 0 Å². The number of benzene rings is 1. The van der Waals surface area contributed by atoms with Gasteiger partial charge in [-0.25, -0.2) is 0 Å². The number of rotatable bonds is 5. The molecule has 1 aromatic carbocycles. The van der Waals surface area contributed by atoms with Gasteiger partial charge in [-0.2, -0.15) is 0 Å². The van der Waals surface area contributed by atoms with Crippen LogP contribution in [0, 0.1) is 5.92 Å². The lowest BCUT2D eigenvalue weighted by molar-refractivity contribution is 0.354. The van der Waals surface area contributed by atoms with Crippen molar-refractivity contribution in [3.05, 3.63) is 23.8 Å². The highest BCUT2D eigenvalue weighted by atomic mass is 16.5. The smallest absolute Gasteiger partial charge is 0.160 e. The van der Waals surface area contributed by atoms with E-state index >= 15 is 0 Å². The average molecular weight is 249 g/mol. The van der Waals surface area contributed by atoms with Crippen molar-refractivity contribution in [3.63, 3.8) is 0 Å². The van der Waals surface area contributed by atoms with Crippen LogP contribution < -0.4 is 15.2 Å². The number of nitrogens with two attached hydrogens (primary N) is 1. The normalized spacial score (nSPS) is 23.1. The van der Waals surface area contributed by atoms with Crippen LogP contribution in [-0.4, -0.2) is 20.8 Å². The van der Waals surface area contributed by atoms with Gasteiger partial charge in [0.1, 0.15) is 0 Å². The Morgan fingerprint density at radius 1 is 1.17 bits per heavy atom. The number of ether oxygens (including phenoxy) is 2. The van der Waals surface area contributed by atoms with Crippen LogP contribution in [0.2, 0.25) is 0 Å². The summed E-state index contributed by atoms with van der Waals surface area (Å²) in [6, 6.07) is 6.29. The van der Waals surface area contributed by atoms with Gasteiger partial charge < -0.3 is 15.2 Å². The zero-order valence-electron chi connectivity index (χ0n) is 11.3. The quantitative estimate of drug-likeness (QED) is 0.872. The summed E-state index contributed by atoms with van der Waals surface area (Å²) in [6.45, 7) is 0.809. The number of hydrogen-bond donors (Lipinski definition) is 1. The average Bonchev–Trinajstić information content (AvgIpc) is 2.87. The highest BCUT2D eigenvalue weighted by Crippen LogP contribution is 2.41. The molecule has 18 heavy (non-hydrogen) atoms. The first kappa shape index (κ1) is 13.2. The summed E-state index contributed by atoms with van der Waals surface area (Å²) in [6.07, 6.45) is 4.98. The van der Waals surface area contributed by atoms with Crippen LogP contribution in [0.3, 0.4) is 0 Å². The van der Waals surface area contributed by atoms with Gasteiger partial charge in [0.05, 0.1) is 14.2 Å². The topological polar surface area (TPSA) is 44.5 Å². The second-order valence-corrected chi connectivity index (χ2v) is 5.07. The Hall–Kier alpha value is -1.22. The molecule has 0 aliphatic heterocycles. The maximum atomic E-state index is 5.64. The molecule has 3 nitrogen and oxygen atoms in total. The van der Waals surface area contributed by atoms with Crippen LogP contribution in [0.25, 0.3) is 0 Å². The van der Waals surface area contributed by atoms with E-state index in [0.29, 0.717) is 5.92 Å². The Bertz CT molecular complexity index is 392. The Morgan fingerprint density at radius 3 is 2.61 bits per heavy atom. The van der Waals surface area contributed by atoms with Crippen molar-refractivity contribution >= 4 is 0 Å². The summed E-state index contributed by atoms with van der Waals surface area (Å²) in [5.41, 5.74) is 7.01. The van der Waals surface area contributed by atoms with E-state index in [9.17, 15) is 0 Å². The molecule has 2 atom stereocenters. The minimum absolute atomic E-state index is 0.654. The second-order valence-electron chi connectivity index (χ2n) is 5.07. The number of hydrogen-bond acceptors (Lipinski definition) is 3. The fourth-order valence-corrected chi connectivity index (χ4v) is 2.98. The van der Waals surface area contributed by atoms with Gasteiger partial charge in [-0.15, -0.1) is 0 Å². The van der Waals surface area contributed by atoms with Crippen LogP contribution in [0.1, 0.15) is 37.2 Å². The highest BCUT2D eigenvalue weighted by Gasteiger charge is 2.25. The zero-order chi connectivity index (χ0) is 13.0. The van der Waals surface area contributed by atoms with Crippen molar-refractivity contribution in [2.24, 2.45) is 11.7 Å². The molecule has 0 radical (unpaired) electrons. The molecule has 0 amide bonds. The molecule has 0 saturated heterocycles. The highest BCUT2D eigenvalue weighted by molar-refractivity contribution is 5.44. The van der Waals surface area contributed by atoms with Crippen molar-refractivity contribution < 1.29 is 9.47 Å². The van der Waals surface area contributed by atoms with Crippen LogP contribution >= 0.6 is 0 Å². The van der Waals surface area contributed by atoms with Gasteiger partial charge in [0, 0.05) is 0 Å². The third-order valence-corrected chi connectivity index (χ3v) is 4.00. The third kappa shape index (κ3) is 2.78. The number of methoxy groups -OCH3 is 2. The largest absolute Gasteiger partial charge is 0.493 e. The molecule has 1 aliphatic rings. The first-order valence-corrected chi connectivity index (χ1v) is 6.70. The van der Waals surface area contributed by atoms with Crippen molar-refractivity contribution in [2.75, 3.05) is 20.8 Å². The van der Waals surface area contributed by atoms with E-state index in [1.807, 2.05) is 6.07 Å². The van der Waals surface area contributed by atoms with E-state index in [4.69, 9.17) is 15.2 Å². The Kier molecular flexibility index (Phi) is 4.48. The predicted molar refractivity (Wildman–Crippen MR) is 73.3 cm³/mol. The molecule has 0 aromatic heterocycles. The molecule has 0 heterocycles. The summed E-state index contributed by atoms with van der Waals surface area (Å²) in [7, 11) is 3.36. The second kappa shape index (κ2) is 6.10. The SMILES string of the molecule is COc1ccc(C2CCC(CCN)C2)cc1OC. The van der Waals surface area contributed by atoms with Gasteiger partial charge in [0.15, 0.2) is 11.5 Å². The minimum Gasteiger partial charge on any atom is -0.493 e. The monoisotopic (exact) mass is 249 g/mol. The van der Waals surface area contributed by atoms with E-state index in [-0.39, 0.29) is 0 Å². The molecule has 3 heteroatoms. The van der Waals surface area contributed by atoms with Crippen molar-refractivity contribution in [1.82, 2.24) is 0 Å². The summed E-state index contributed by atoms with van der Waals surface area (Å²) < 4.78 is 10.6. The van der Waals surface area contributed by atoms with E-state index in [2.05, 4.69) is 12.1 Å². The van der Waals surface area contributed by atoms with Gasteiger partial charge in [-0.1, -0.05) is 6.07 Å². The Morgan fingerprint density at radius 2 is 1.94 bits per heavy atom. The molecule has 100 valence electrons. The fourth-order valence-electron chi connectivity index (χ4n) is 2.98. The third-order valence-electron chi connectivity index (χ3n) is 4.00. The standard InChI is InChI=1S/C15H23NO2/c1-17-14-6-5-13(10-15(14)18-2)12-4-3-11(9-12)7-8-16/h5-6,10-12H,3-4,7-9,16H2,1-2H3. The molecule has 1 saturated carbocycles. The van der Waals surface area contributed by atoms with Crippen LogP contribution in [0.15, 0.2) is 18.2 Å². The van der Waals surface area contributed by atoms with Crippen molar-refractivity contribution in [3.8, 4) is 11.5 Å². The molecule has 2 N–H and O–H groups in total.